The number of Topliss-reactive ketones (excluding diaryl/α,β-unsaturated/α-hetero) is 1. The standard InChI is InChI=1S/C8H9NO2/c1-5-3-7(9-11)4-6(2)8(5)10/h3-4,11H,1-2H3. The highest BCUT2D eigenvalue weighted by molar-refractivity contribution is 6.21. The fourth-order valence-corrected chi connectivity index (χ4v) is 0.985. The molecule has 0 bridgehead atoms. The van der Waals surface area contributed by atoms with E-state index in [0.29, 0.717) is 16.9 Å². The lowest BCUT2D eigenvalue weighted by Crippen LogP contribution is -2.10. The Hall–Kier alpha value is -1.38. The number of nitrogens with zero attached hydrogens (tertiary/aromatic N) is 1. The number of ketones is 1. The first kappa shape index (κ1) is 7.72. The summed E-state index contributed by atoms with van der Waals surface area (Å²) in [6, 6.07) is 0. The van der Waals surface area contributed by atoms with Crippen molar-refractivity contribution in [2.24, 2.45) is 5.16 Å². The minimum Gasteiger partial charge on any atom is -0.410 e. The van der Waals surface area contributed by atoms with Crippen molar-refractivity contribution in [3.63, 3.8) is 0 Å². The summed E-state index contributed by atoms with van der Waals surface area (Å²) >= 11 is 0. The quantitative estimate of drug-likeness (QED) is 0.322. The molecule has 1 rings (SSSR count). The van der Waals surface area contributed by atoms with Gasteiger partial charge in [-0.3, -0.25) is 4.79 Å². The molecule has 1 N–H and O–H groups in total. The van der Waals surface area contributed by atoms with Gasteiger partial charge >= 0.3 is 0 Å². The molecule has 0 amide bonds. The van der Waals surface area contributed by atoms with Crippen LogP contribution in [0.25, 0.3) is 0 Å². The number of rotatable bonds is 0. The first-order valence-corrected chi connectivity index (χ1v) is 3.28. The van der Waals surface area contributed by atoms with Crippen LogP contribution in [0.4, 0.5) is 0 Å². The molecule has 58 valence electrons. The van der Waals surface area contributed by atoms with Gasteiger partial charge in [0.05, 0.1) is 0 Å². The molecule has 0 radical (unpaired) electrons. The highest BCUT2D eigenvalue weighted by atomic mass is 16.4. The fourth-order valence-electron chi connectivity index (χ4n) is 0.985. The predicted molar refractivity (Wildman–Crippen MR) is 41.7 cm³/mol. The zero-order chi connectivity index (χ0) is 8.43. The van der Waals surface area contributed by atoms with Crippen LogP contribution in [-0.4, -0.2) is 16.7 Å². The van der Waals surface area contributed by atoms with Crippen molar-refractivity contribution < 1.29 is 10.0 Å². The molecule has 0 spiro atoms. The average Bonchev–Trinajstić information content (AvgIpc) is 1.99. The van der Waals surface area contributed by atoms with Gasteiger partial charge in [-0.15, -0.1) is 0 Å². The molecule has 0 aromatic carbocycles. The van der Waals surface area contributed by atoms with Crippen LogP contribution in [0.5, 0.6) is 0 Å². The van der Waals surface area contributed by atoms with E-state index in [1.165, 1.54) is 0 Å². The van der Waals surface area contributed by atoms with Gasteiger partial charge in [0.1, 0.15) is 5.71 Å². The molecule has 0 heterocycles. The number of hydrogen-bond donors (Lipinski definition) is 1. The van der Waals surface area contributed by atoms with Gasteiger partial charge in [-0.25, -0.2) is 0 Å². The van der Waals surface area contributed by atoms with Crippen molar-refractivity contribution in [2.75, 3.05) is 0 Å². The normalized spacial score (nSPS) is 17.6. The van der Waals surface area contributed by atoms with E-state index in [0.717, 1.165) is 0 Å². The number of carbonyl (C=O) groups is 1. The van der Waals surface area contributed by atoms with Gasteiger partial charge < -0.3 is 5.21 Å². The van der Waals surface area contributed by atoms with Crippen LogP contribution in [0.3, 0.4) is 0 Å². The number of allylic oxidation sites excluding steroid dienone is 4. The van der Waals surface area contributed by atoms with E-state index in [9.17, 15) is 4.79 Å². The van der Waals surface area contributed by atoms with Crippen LogP contribution < -0.4 is 0 Å². The summed E-state index contributed by atoms with van der Waals surface area (Å²) in [6.07, 6.45) is 3.10. The Morgan fingerprint density at radius 1 is 1.27 bits per heavy atom. The highest BCUT2D eigenvalue weighted by Crippen LogP contribution is 2.11. The molecule has 0 aromatic heterocycles. The second-order valence-corrected chi connectivity index (χ2v) is 2.51. The summed E-state index contributed by atoms with van der Waals surface area (Å²) in [6.45, 7) is 3.40. The monoisotopic (exact) mass is 151 g/mol. The topological polar surface area (TPSA) is 49.7 Å². The molecule has 0 saturated carbocycles. The highest BCUT2D eigenvalue weighted by Gasteiger charge is 2.13. The van der Waals surface area contributed by atoms with E-state index in [4.69, 9.17) is 5.21 Å². The van der Waals surface area contributed by atoms with Crippen LogP contribution in [0, 0.1) is 0 Å². The van der Waals surface area contributed by atoms with Crippen LogP contribution >= 0.6 is 0 Å². The smallest absolute Gasteiger partial charge is 0.184 e. The van der Waals surface area contributed by atoms with Crippen molar-refractivity contribution in [3.8, 4) is 0 Å². The molecule has 1 aliphatic rings. The average molecular weight is 151 g/mol. The summed E-state index contributed by atoms with van der Waals surface area (Å²) in [5.74, 6) is 0.0115. The molecular formula is C8H9NO2. The zero-order valence-electron chi connectivity index (χ0n) is 6.46. The summed E-state index contributed by atoms with van der Waals surface area (Å²) in [5, 5.41) is 11.4. The number of oxime groups is 1. The van der Waals surface area contributed by atoms with Crippen molar-refractivity contribution in [3.05, 3.63) is 23.3 Å². The van der Waals surface area contributed by atoms with E-state index < -0.39 is 0 Å². The van der Waals surface area contributed by atoms with Gasteiger partial charge in [0.25, 0.3) is 0 Å². The molecule has 3 heteroatoms. The van der Waals surface area contributed by atoms with Gasteiger partial charge in [0, 0.05) is 0 Å². The van der Waals surface area contributed by atoms with E-state index in [1.54, 1.807) is 26.0 Å². The predicted octanol–water partition coefficient (Wildman–Crippen LogP) is 1.29. The third-order valence-corrected chi connectivity index (χ3v) is 1.56. The lowest BCUT2D eigenvalue weighted by Gasteiger charge is -2.06. The maximum absolute atomic E-state index is 11.1. The van der Waals surface area contributed by atoms with Gasteiger partial charge in [-0.1, -0.05) is 5.16 Å². The maximum Gasteiger partial charge on any atom is 0.184 e. The second kappa shape index (κ2) is 2.70. The molecule has 11 heavy (non-hydrogen) atoms. The van der Waals surface area contributed by atoms with E-state index in [1.807, 2.05) is 0 Å². The van der Waals surface area contributed by atoms with Crippen LogP contribution in [0.1, 0.15) is 13.8 Å². The molecule has 1 aliphatic carbocycles. The van der Waals surface area contributed by atoms with Crippen LogP contribution in [0.2, 0.25) is 0 Å². The van der Waals surface area contributed by atoms with Crippen LogP contribution in [0.15, 0.2) is 28.5 Å². The largest absolute Gasteiger partial charge is 0.410 e. The van der Waals surface area contributed by atoms with Gasteiger partial charge in [-0.2, -0.15) is 0 Å². The first-order valence-electron chi connectivity index (χ1n) is 3.28. The minimum atomic E-state index is 0.0115. The zero-order valence-corrected chi connectivity index (χ0v) is 6.46. The molecule has 0 aromatic rings. The fraction of sp³-hybridized carbons (Fsp3) is 0.250. The van der Waals surface area contributed by atoms with Crippen molar-refractivity contribution >= 4 is 11.5 Å². The molecule has 3 nitrogen and oxygen atoms in total. The van der Waals surface area contributed by atoms with Crippen molar-refractivity contribution in [1.82, 2.24) is 0 Å². The van der Waals surface area contributed by atoms with Crippen molar-refractivity contribution in [2.45, 2.75) is 13.8 Å². The summed E-state index contributed by atoms with van der Waals surface area (Å²) in [5.41, 5.74) is 1.65. The van der Waals surface area contributed by atoms with E-state index in [2.05, 4.69) is 5.16 Å². The molecule has 0 unspecified atom stereocenters. The number of hydrogen-bond acceptors (Lipinski definition) is 3. The SMILES string of the molecule is CC1=CC(=NO)C=C(C)C1=O. The van der Waals surface area contributed by atoms with E-state index >= 15 is 0 Å². The summed E-state index contributed by atoms with van der Waals surface area (Å²) in [7, 11) is 0. The number of carbonyl (C=O) groups excluding carboxylic acids is 1. The molecule has 0 aliphatic heterocycles. The van der Waals surface area contributed by atoms with Crippen molar-refractivity contribution in [1.29, 1.82) is 0 Å². The lowest BCUT2D eigenvalue weighted by molar-refractivity contribution is -0.112. The van der Waals surface area contributed by atoms with Gasteiger partial charge in [-0.05, 0) is 37.1 Å². The maximum atomic E-state index is 11.1. The molecular weight excluding hydrogens is 142 g/mol. The Balaban J connectivity index is 3.07. The second-order valence-electron chi connectivity index (χ2n) is 2.51. The third kappa shape index (κ3) is 1.37. The minimum absolute atomic E-state index is 0.0115. The van der Waals surface area contributed by atoms with Gasteiger partial charge in [0.2, 0.25) is 0 Å². The molecule has 0 saturated heterocycles. The Kier molecular flexibility index (Phi) is 1.89. The molecule has 0 atom stereocenters. The lowest BCUT2D eigenvalue weighted by atomic mass is 9.98. The summed E-state index contributed by atoms with van der Waals surface area (Å²) < 4.78 is 0. The summed E-state index contributed by atoms with van der Waals surface area (Å²) in [4.78, 5) is 11.1. The third-order valence-electron chi connectivity index (χ3n) is 1.56. The Labute approximate surface area is 64.7 Å². The first-order chi connectivity index (χ1) is 5.15. The molecule has 0 fully saturated rings. The van der Waals surface area contributed by atoms with Crippen LogP contribution in [-0.2, 0) is 4.79 Å². The van der Waals surface area contributed by atoms with Gasteiger partial charge in [0.15, 0.2) is 5.78 Å². The Bertz CT molecular complexity index is 260. The Morgan fingerprint density at radius 2 is 1.73 bits per heavy atom. The Morgan fingerprint density at radius 3 is 2.09 bits per heavy atom. The van der Waals surface area contributed by atoms with E-state index in [-0.39, 0.29) is 5.78 Å².